The molecule has 0 radical (unpaired) electrons. The third kappa shape index (κ3) is 5.83. The Bertz CT molecular complexity index is 288. The first-order chi connectivity index (χ1) is 8.22. The van der Waals surface area contributed by atoms with Crippen LogP contribution in [0.5, 0.6) is 0 Å². The fourth-order valence-corrected chi connectivity index (χ4v) is 1.09. The summed E-state index contributed by atoms with van der Waals surface area (Å²) in [7, 11) is 1.58. The Morgan fingerprint density at radius 2 is 1.94 bits per heavy atom. The summed E-state index contributed by atoms with van der Waals surface area (Å²) in [6, 6.07) is 0. The van der Waals surface area contributed by atoms with E-state index in [1.54, 1.807) is 34.7 Å². The van der Waals surface area contributed by atoms with E-state index in [-0.39, 0.29) is 13.3 Å². The van der Waals surface area contributed by atoms with Gasteiger partial charge in [0.2, 0.25) is 6.23 Å². The normalized spacial score (nSPS) is 12.8. The molecule has 1 unspecified atom stereocenters. The van der Waals surface area contributed by atoms with E-state index in [1.165, 1.54) is 0 Å². The lowest BCUT2D eigenvalue weighted by molar-refractivity contribution is -0.163. The quantitative estimate of drug-likeness (QED) is 0.546. The number of aliphatic hydroxyl groups is 1. The first kappa shape index (κ1) is 16.7. The number of carbonyl (C=O) groups is 2. The van der Waals surface area contributed by atoms with Crippen LogP contribution in [0.1, 0.15) is 27.7 Å². The number of nitrogens with zero attached hydrogens (tertiary/aromatic N) is 1. The molecular weight excluding hydrogens is 240 g/mol. The SMILES string of the molecule is CCOC(=O)C(O)N(CNC)C(=O)OC(C)(C)C. The van der Waals surface area contributed by atoms with Gasteiger partial charge >= 0.3 is 12.1 Å². The second kappa shape index (κ2) is 7.17. The summed E-state index contributed by atoms with van der Waals surface area (Å²) in [5.41, 5.74) is -0.711. The molecule has 0 aromatic carbocycles. The van der Waals surface area contributed by atoms with E-state index in [4.69, 9.17) is 4.74 Å². The summed E-state index contributed by atoms with van der Waals surface area (Å²) in [6.45, 7) is 6.78. The van der Waals surface area contributed by atoms with Crippen LogP contribution in [-0.2, 0) is 14.3 Å². The van der Waals surface area contributed by atoms with Gasteiger partial charge in [0, 0.05) is 0 Å². The zero-order valence-corrected chi connectivity index (χ0v) is 11.5. The molecule has 0 heterocycles. The molecule has 2 N–H and O–H groups in total. The van der Waals surface area contributed by atoms with Crippen molar-refractivity contribution in [3.05, 3.63) is 0 Å². The van der Waals surface area contributed by atoms with Crippen molar-refractivity contribution >= 4 is 12.1 Å². The fourth-order valence-electron chi connectivity index (χ4n) is 1.09. The number of ether oxygens (including phenoxy) is 2. The van der Waals surface area contributed by atoms with Crippen molar-refractivity contribution in [1.29, 1.82) is 0 Å². The van der Waals surface area contributed by atoms with E-state index in [2.05, 4.69) is 10.1 Å². The van der Waals surface area contributed by atoms with Crippen molar-refractivity contribution in [2.75, 3.05) is 20.3 Å². The molecule has 1 atom stereocenters. The highest BCUT2D eigenvalue weighted by Crippen LogP contribution is 2.11. The molecule has 7 nitrogen and oxygen atoms in total. The molecule has 0 spiro atoms. The molecule has 0 rings (SSSR count). The molecule has 0 bridgehead atoms. The van der Waals surface area contributed by atoms with Crippen LogP contribution in [0.4, 0.5) is 4.79 Å². The maximum atomic E-state index is 11.8. The van der Waals surface area contributed by atoms with Gasteiger partial charge in [-0.25, -0.2) is 9.59 Å². The summed E-state index contributed by atoms with van der Waals surface area (Å²) in [5.74, 6) is -0.890. The van der Waals surface area contributed by atoms with Gasteiger partial charge in [0.15, 0.2) is 0 Å². The van der Waals surface area contributed by atoms with Crippen molar-refractivity contribution in [1.82, 2.24) is 10.2 Å². The summed E-state index contributed by atoms with van der Waals surface area (Å²) in [4.78, 5) is 24.0. The number of amides is 1. The minimum absolute atomic E-state index is 0.0328. The van der Waals surface area contributed by atoms with Gasteiger partial charge in [0.05, 0.1) is 13.3 Å². The van der Waals surface area contributed by atoms with Crippen LogP contribution < -0.4 is 5.32 Å². The average molecular weight is 262 g/mol. The molecule has 106 valence electrons. The Morgan fingerprint density at radius 1 is 1.39 bits per heavy atom. The largest absolute Gasteiger partial charge is 0.463 e. The first-order valence-corrected chi connectivity index (χ1v) is 5.71. The van der Waals surface area contributed by atoms with Crippen LogP contribution in [0, 0.1) is 0 Å². The monoisotopic (exact) mass is 262 g/mol. The smallest absolute Gasteiger partial charge is 0.413 e. The van der Waals surface area contributed by atoms with Crippen molar-refractivity contribution in [2.24, 2.45) is 0 Å². The van der Waals surface area contributed by atoms with Crippen molar-refractivity contribution < 1.29 is 24.2 Å². The summed E-state index contributed by atoms with van der Waals surface area (Å²) < 4.78 is 9.73. The van der Waals surface area contributed by atoms with E-state index in [9.17, 15) is 14.7 Å². The Morgan fingerprint density at radius 3 is 2.33 bits per heavy atom. The molecule has 0 aliphatic rings. The highest BCUT2D eigenvalue weighted by atomic mass is 16.6. The van der Waals surface area contributed by atoms with Gasteiger partial charge in [0.1, 0.15) is 5.60 Å². The van der Waals surface area contributed by atoms with Gasteiger partial charge < -0.3 is 19.9 Å². The third-order valence-electron chi connectivity index (χ3n) is 1.75. The number of hydrogen-bond acceptors (Lipinski definition) is 6. The van der Waals surface area contributed by atoms with Crippen molar-refractivity contribution in [3.8, 4) is 0 Å². The molecule has 0 aliphatic heterocycles. The number of rotatable bonds is 5. The summed E-state index contributed by atoms with van der Waals surface area (Å²) >= 11 is 0. The molecule has 1 amide bonds. The second-order valence-corrected chi connectivity index (χ2v) is 4.59. The molecule has 0 saturated carbocycles. The molecule has 0 aromatic heterocycles. The maximum absolute atomic E-state index is 11.8. The summed E-state index contributed by atoms with van der Waals surface area (Å²) in [5, 5.41) is 12.4. The van der Waals surface area contributed by atoms with Gasteiger partial charge in [-0.3, -0.25) is 4.90 Å². The van der Waals surface area contributed by atoms with E-state index >= 15 is 0 Å². The Hall–Kier alpha value is -1.34. The predicted molar refractivity (Wildman–Crippen MR) is 64.6 cm³/mol. The van der Waals surface area contributed by atoms with Gasteiger partial charge in [-0.2, -0.15) is 0 Å². The molecular formula is C11H22N2O5. The fraction of sp³-hybridized carbons (Fsp3) is 0.818. The molecule has 0 fully saturated rings. The van der Waals surface area contributed by atoms with E-state index in [1.807, 2.05) is 0 Å². The second-order valence-electron chi connectivity index (χ2n) is 4.59. The van der Waals surface area contributed by atoms with Crippen LogP contribution in [-0.4, -0.2) is 54.2 Å². The standard InChI is InChI=1S/C11H22N2O5/c1-6-17-9(15)8(14)13(7-12-5)10(16)18-11(2,3)4/h8,12,14H,6-7H2,1-5H3. The van der Waals surface area contributed by atoms with Crippen molar-refractivity contribution in [2.45, 2.75) is 39.5 Å². The Balaban J connectivity index is 4.73. The van der Waals surface area contributed by atoms with Crippen LogP contribution >= 0.6 is 0 Å². The Labute approximate surface area is 107 Å². The molecule has 0 saturated heterocycles. The average Bonchev–Trinajstić information content (AvgIpc) is 2.22. The highest BCUT2D eigenvalue weighted by Gasteiger charge is 2.31. The summed E-state index contributed by atoms with van der Waals surface area (Å²) in [6.07, 6.45) is -2.48. The number of nitrogens with one attached hydrogen (secondary N) is 1. The molecule has 7 heteroatoms. The zero-order valence-electron chi connectivity index (χ0n) is 11.5. The van der Waals surface area contributed by atoms with Gasteiger partial charge in [-0.15, -0.1) is 0 Å². The van der Waals surface area contributed by atoms with Crippen LogP contribution in [0.15, 0.2) is 0 Å². The molecule has 18 heavy (non-hydrogen) atoms. The first-order valence-electron chi connectivity index (χ1n) is 5.71. The van der Waals surface area contributed by atoms with Crippen LogP contribution in [0.2, 0.25) is 0 Å². The third-order valence-corrected chi connectivity index (χ3v) is 1.75. The topological polar surface area (TPSA) is 88.1 Å². The highest BCUT2D eigenvalue weighted by molar-refractivity contribution is 5.80. The number of hydrogen-bond donors (Lipinski definition) is 2. The van der Waals surface area contributed by atoms with E-state index < -0.39 is 23.9 Å². The molecule has 0 aromatic rings. The lowest BCUT2D eigenvalue weighted by Crippen LogP contribution is -2.50. The number of carbonyl (C=O) groups excluding carboxylic acids is 2. The van der Waals surface area contributed by atoms with Crippen LogP contribution in [0.3, 0.4) is 0 Å². The lowest BCUT2D eigenvalue weighted by atomic mass is 10.2. The van der Waals surface area contributed by atoms with Gasteiger partial charge in [-0.05, 0) is 34.7 Å². The van der Waals surface area contributed by atoms with E-state index in [0.29, 0.717) is 0 Å². The minimum Gasteiger partial charge on any atom is -0.463 e. The number of esters is 1. The van der Waals surface area contributed by atoms with Gasteiger partial charge in [0.25, 0.3) is 0 Å². The zero-order chi connectivity index (χ0) is 14.3. The predicted octanol–water partition coefficient (Wildman–Crippen LogP) is 0.282. The van der Waals surface area contributed by atoms with Crippen molar-refractivity contribution in [3.63, 3.8) is 0 Å². The number of aliphatic hydroxyl groups excluding tert-OH is 1. The molecule has 0 aliphatic carbocycles. The minimum atomic E-state index is -1.69. The Kier molecular flexibility index (Phi) is 6.64. The maximum Gasteiger partial charge on any atom is 0.413 e. The van der Waals surface area contributed by atoms with Crippen LogP contribution in [0.25, 0.3) is 0 Å². The van der Waals surface area contributed by atoms with Gasteiger partial charge in [-0.1, -0.05) is 0 Å². The lowest BCUT2D eigenvalue weighted by Gasteiger charge is -2.29. The van der Waals surface area contributed by atoms with E-state index in [0.717, 1.165) is 4.90 Å².